The Bertz CT molecular complexity index is 4350. The van der Waals surface area contributed by atoms with E-state index >= 15 is 0 Å². The molecule has 15 rings (SSSR count). The molecule has 5 atom stereocenters. The number of piperidine rings is 1. The maximum Gasteiger partial charge on any atom is 0.573 e. The normalized spacial score (nSPS) is 19.8. The molecule has 8 aliphatic rings. The summed E-state index contributed by atoms with van der Waals surface area (Å²) in [6.45, 7) is 20.0. The number of carbonyl (C=O) groups is 5. The van der Waals surface area contributed by atoms with E-state index in [4.69, 9.17) is 4.74 Å². The fourth-order valence-electron chi connectivity index (χ4n) is 15.4. The van der Waals surface area contributed by atoms with Crippen LogP contribution in [0.2, 0.25) is 0 Å². The standard InChI is InChI=1S/C22H24BrF3N2O4S.C18H20N2O.C16H23N3O.C15H21N3O2.C15H21N3O/c1-21(2,3)20(29)27-13-17-16-7-5-4-6-14(16)10-11-28(17)33(30,31)19-9-8-15(23)12-18(19)32-22(24,25)26;1-13-6-8-15(9-7-13)18(21)20-12-17-16-5-3-2-4-14(16)10-11-19-17;20-16(19-10-4-1-5-11-19)18-12-15-14-7-3-2-6-13(14)8-9-17-15;19-15(18-7-9-20-10-8-18)17-11-14-13-4-2-1-3-12(13)5-6-16-14;19-15(18-9-3-4-10-18)17-11-14-13-6-2-1-5-12(13)7-8-16-14/h4-9,12,17H,10-11,13H2,1-3H3,(H,27,29);2-9,17,19H,10-12H2,1H3,(H,20,21);2-3,6-7,15,17H,1,4-5,8-12H2,(H,18,20);1-4,14,16H,5-11H2,(H,17,19);1-2,5-6,14,16H,3-4,7-11H2,(H,17,19). The van der Waals surface area contributed by atoms with E-state index in [2.05, 4.69) is 166 Å². The number of nitrogens with zero attached hydrogens (tertiary/aromatic N) is 4. The summed E-state index contributed by atoms with van der Waals surface area (Å²) in [5, 5.41) is 28.9. The van der Waals surface area contributed by atoms with E-state index in [9.17, 15) is 45.6 Å². The average molecular weight is 1640 g/mol. The third kappa shape index (κ3) is 24.1. The molecule has 3 saturated heterocycles. The Morgan fingerprint density at radius 2 is 0.850 bits per heavy atom. The number of amides is 8. The van der Waals surface area contributed by atoms with Crippen LogP contribution >= 0.6 is 15.9 Å². The number of morpholine rings is 1. The first-order valence-corrected chi connectivity index (χ1v) is 41.9. The Morgan fingerprint density at radius 3 is 1.27 bits per heavy atom. The maximum absolute atomic E-state index is 13.6. The molecule has 113 heavy (non-hydrogen) atoms. The van der Waals surface area contributed by atoms with Gasteiger partial charge < -0.3 is 72.0 Å². The lowest BCUT2D eigenvalue weighted by Gasteiger charge is -2.37. The molecule has 27 heteroatoms. The number of aryl methyl sites for hydroxylation is 1. The summed E-state index contributed by atoms with van der Waals surface area (Å²) in [4.78, 5) is 65.9. The molecule has 22 nitrogen and oxygen atoms in total. The van der Waals surface area contributed by atoms with Gasteiger partial charge >= 0.3 is 24.5 Å². The minimum Gasteiger partial charge on any atom is -0.404 e. The third-order valence-corrected chi connectivity index (χ3v) is 24.0. The molecule has 5 unspecified atom stereocenters. The molecule has 9 N–H and O–H groups in total. The number of sulfonamides is 1. The van der Waals surface area contributed by atoms with Gasteiger partial charge in [0, 0.05) is 118 Å². The molecular weight excluding hydrogens is 1530 g/mol. The number of rotatable bonds is 14. The van der Waals surface area contributed by atoms with Gasteiger partial charge in [-0.1, -0.05) is 176 Å². The van der Waals surface area contributed by atoms with Gasteiger partial charge in [0.25, 0.3) is 5.91 Å². The van der Waals surface area contributed by atoms with Crippen LogP contribution in [0.3, 0.4) is 0 Å². The molecule has 8 aliphatic heterocycles. The van der Waals surface area contributed by atoms with Crippen molar-refractivity contribution >= 4 is 55.9 Å². The van der Waals surface area contributed by atoms with E-state index < -0.39 is 38.5 Å². The second-order valence-corrected chi connectivity index (χ2v) is 33.3. The summed E-state index contributed by atoms with van der Waals surface area (Å²) in [6, 6.07) is 52.5. The Labute approximate surface area is 671 Å². The second-order valence-electron chi connectivity index (χ2n) is 30.5. The number of likely N-dealkylation sites (tertiary alicyclic amines) is 2. The first-order valence-electron chi connectivity index (χ1n) is 39.7. The van der Waals surface area contributed by atoms with Gasteiger partial charge in [-0.3, -0.25) is 9.59 Å². The number of benzene rings is 7. The molecular formula is C86H109BrF3N13O9S. The van der Waals surface area contributed by atoms with Crippen LogP contribution in [0, 0.1) is 12.3 Å². The molecule has 0 aliphatic carbocycles. The van der Waals surface area contributed by atoms with Gasteiger partial charge in [0.2, 0.25) is 15.9 Å². The van der Waals surface area contributed by atoms with Gasteiger partial charge in [0.1, 0.15) is 4.90 Å². The highest BCUT2D eigenvalue weighted by molar-refractivity contribution is 9.10. The summed E-state index contributed by atoms with van der Waals surface area (Å²) in [7, 11) is -4.42. The second kappa shape index (κ2) is 40.9. The number of hydrogen-bond acceptors (Lipinski definition) is 13. The summed E-state index contributed by atoms with van der Waals surface area (Å²) >= 11 is 3.06. The zero-order chi connectivity index (χ0) is 79.9. The van der Waals surface area contributed by atoms with Crippen LogP contribution in [0.1, 0.15) is 155 Å². The topological polar surface area (TPSA) is 259 Å². The highest BCUT2D eigenvalue weighted by Gasteiger charge is 2.41. The number of halogens is 4. The molecule has 8 amide bonds. The van der Waals surface area contributed by atoms with Crippen LogP contribution in [-0.4, -0.2) is 182 Å². The molecule has 0 spiro atoms. The number of urea groups is 3. The van der Waals surface area contributed by atoms with Gasteiger partial charge in [0.15, 0.2) is 5.75 Å². The van der Waals surface area contributed by atoms with Crippen LogP contribution in [0.5, 0.6) is 5.75 Å². The van der Waals surface area contributed by atoms with Crippen molar-refractivity contribution in [2.45, 2.75) is 133 Å². The average Bonchev–Trinajstić information content (AvgIpc) is 0.934. The van der Waals surface area contributed by atoms with Gasteiger partial charge in [-0.25, -0.2) is 22.8 Å². The Morgan fingerprint density at radius 1 is 0.469 bits per heavy atom. The van der Waals surface area contributed by atoms with E-state index in [1.165, 1.54) is 57.0 Å². The number of fused-ring (bicyclic) bond motifs is 5. The molecule has 3 fully saturated rings. The summed E-state index contributed by atoms with van der Waals surface area (Å²) in [5.74, 6) is -1.11. The fraction of sp³-hybridized carbons (Fsp3) is 0.453. The van der Waals surface area contributed by atoms with Gasteiger partial charge in [0.05, 0.1) is 19.3 Å². The Balaban J connectivity index is 0.000000142. The van der Waals surface area contributed by atoms with Crippen molar-refractivity contribution in [2.24, 2.45) is 5.41 Å². The van der Waals surface area contributed by atoms with Crippen molar-refractivity contribution in [1.29, 1.82) is 0 Å². The molecule has 606 valence electrons. The smallest absolute Gasteiger partial charge is 0.404 e. The number of carbonyl (C=O) groups excluding carboxylic acids is 5. The highest BCUT2D eigenvalue weighted by atomic mass is 79.9. The Kier molecular flexibility index (Phi) is 30.7. The third-order valence-electron chi connectivity index (χ3n) is 21.6. The summed E-state index contributed by atoms with van der Waals surface area (Å²) < 4.78 is 76.8. The number of alkyl halides is 3. The van der Waals surface area contributed by atoms with Crippen molar-refractivity contribution in [3.8, 4) is 5.75 Å². The van der Waals surface area contributed by atoms with Crippen molar-refractivity contribution in [1.82, 2.24) is 66.9 Å². The largest absolute Gasteiger partial charge is 0.573 e. The van der Waals surface area contributed by atoms with Gasteiger partial charge in [-0.2, -0.15) is 4.31 Å². The first-order chi connectivity index (χ1) is 54.5. The molecule has 7 aromatic carbocycles. The quantitative estimate of drug-likeness (QED) is 0.0491. The van der Waals surface area contributed by atoms with Crippen LogP contribution in [-0.2, 0) is 51.7 Å². The van der Waals surface area contributed by atoms with Crippen LogP contribution in [0.4, 0.5) is 27.6 Å². The van der Waals surface area contributed by atoms with E-state index in [1.807, 2.05) is 58.0 Å². The van der Waals surface area contributed by atoms with E-state index in [-0.39, 0.29) is 71.6 Å². The minimum atomic E-state index is -5.07. The first kappa shape index (κ1) is 85.0. The van der Waals surface area contributed by atoms with E-state index in [0.29, 0.717) is 70.0 Å². The van der Waals surface area contributed by atoms with Crippen molar-refractivity contribution < 1.29 is 55.0 Å². The van der Waals surface area contributed by atoms with Gasteiger partial charge in [-0.05, 0) is 183 Å². The monoisotopic (exact) mass is 1640 g/mol. The molecule has 0 radical (unpaired) electrons. The zero-order valence-electron chi connectivity index (χ0n) is 65.2. The molecule has 0 bridgehead atoms. The predicted molar refractivity (Wildman–Crippen MR) is 436 cm³/mol. The lowest BCUT2D eigenvalue weighted by molar-refractivity contribution is -0.275. The Hall–Kier alpha value is -8.93. The number of nitrogens with one attached hydrogen (secondary N) is 9. The van der Waals surface area contributed by atoms with E-state index in [0.717, 1.165) is 131 Å². The van der Waals surface area contributed by atoms with Crippen molar-refractivity contribution in [2.75, 3.05) is 118 Å². The molecule has 0 saturated carbocycles. The fourth-order valence-corrected chi connectivity index (χ4v) is 17.4. The molecule has 7 aromatic rings. The zero-order valence-corrected chi connectivity index (χ0v) is 67.6. The lowest BCUT2D eigenvalue weighted by atomic mass is 9.93. The number of ether oxygens (including phenoxy) is 2. The lowest BCUT2D eigenvalue weighted by Crippen LogP contribution is -2.48. The van der Waals surface area contributed by atoms with Crippen molar-refractivity contribution in [3.63, 3.8) is 0 Å². The minimum absolute atomic E-state index is 0.0122. The van der Waals surface area contributed by atoms with Crippen LogP contribution < -0.4 is 52.6 Å². The van der Waals surface area contributed by atoms with Crippen LogP contribution in [0.25, 0.3) is 0 Å². The van der Waals surface area contributed by atoms with E-state index in [1.54, 1.807) is 32.9 Å². The van der Waals surface area contributed by atoms with Crippen LogP contribution in [0.15, 0.2) is 173 Å². The van der Waals surface area contributed by atoms with Gasteiger partial charge in [-0.15, -0.1) is 13.2 Å². The summed E-state index contributed by atoms with van der Waals surface area (Å²) in [5.41, 5.74) is 13.6. The highest BCUT2D eigenvalue weighted by Crippen LogP contribution is 2.40. The molecule has 0 aromatic heterocycles. The summed E-state index contributed by atoms with van der Waals surface area (Å²) in [6.07, 6.45) is 5.37. The predicted octanol–water partition coefficient (Wildman–Crippen LogP) is 12.1. The number of hydrogen-bond donors (Lipinski definition) is 9. The van der Waals surface area contributed by atoms with Crippen molar-refractivity contribution in [3.05, 3.63) is 235 Å². The maximum atomic E-state index is 13.6. The SMILES string of the molecule is CC(C)(C)C(=O)NCC1c2ccccc2CCN1S(=O)(=O)c1ccc(Br)cc1OC(F)(F)F.Cc1ccc(C(=O)NCC2NCCc3ccccc32)cc1.O=C(NCC1NCCc2ccccc21)N1CCCC1.O=C(NCC1NCCc2ccccc21)N1CCCCC1.O=C(NCC1NCCc2ccccc21)N1CCOCC1. The molecule has 8 heterocycles.